The Morgan fingerprint density at radius 2 is 1.28 bits per heavy atom. The summed E-state index contributed by atoms with van der Waals surface area (Å²) in [5.41, 5.74) is 2.32. The second kappa shape index (κ2) is 13.2. The summed E-state index contributed by atoms with van der Waals surface area (Å²) in [6, 6.07) is 8.11. The van der Waals surface area contributed by atoms with E-state index in [2.05, 4.69) is 13.0 Å². The van der Waals surface area contributed by atoms with Crippen molar-refractivity contribution in [3.63, 3.8) is 0 Å². The number of hydrogen-bond donors (Lipinski definition) is 2. The number of benzene rings is 1. The van der Waals surface area contributed by atoms with Crippen LogP contribution in [-0.2, 0) is 16.0 Å². The predicted molar refractivity (Wildman–Crippen MR) is 123 cm³/mol. The molecular weight excluding hydrogens is 404 g/mol. The van der Waals surface area contributed by atoms with Gasteiger partial charge in [0.1, 0.15) is 10.5 Å². The van der Waals surface area contributed by atoms with E-state index in [4.69, 9.17) is 0 Å². The van der Waals surface area contributed by atoms with E-state index in [1.165, 1.54) is 86.9 Å². The van der Waals surface area contributed by atoms with Crippen molar-refractivity contribution in [1.29, 1.82) is 0 Å². The van der Waals surface area contributed by atoms with Crippen LogP contribution < -0.4 is 0 Å². The Hall–Kier alpha value is -1.14. The minimum atomic E-state index is -1.04. The second-order valence-corrected chi connectivity index (χ2v) is 10.6. The molecule has 4 nitrogen and oxygen atoms in total. The molecule has 162 valence electrons. The number of carboxylic acids is 2. The van der Waals surface area contributed by atoms with Crippen molar-refractivity contribution in [2.75, 3.05) is 0 Å². The molecule has 3 atom stereocenters. The Balaban J connectivity index is 1.78. The maximum absolute atomic E-state index is 11.5. The number of thioether (sulfide) groups is 2. The molecule has 1 saturated heterocycles. The first kappa shape index (κ1) is 24.1. The summed E-state index contributed by atoms with van der Waals surface area (Å²) in [7, 11) is 0. The van der Waals surface area contributed by atoms with Crippen LogP contribution in [0.2, 0.25) is 0 Å². The molecule has 0 amide bonds. The summed E-state index contributed by atoms with van der Waals surface area (Å²) in [4.78, 5) is 22.9. The van der Waals surface area contributed by atoms with E-state index in [0.717, 1.165) is 18.4 Å². The van der Waals surface area contributed by atoms with E-state index in [1.54, 1.807) is 0 Å². The molecular formula is C23H34O4S2. The second-order valence-electron chi connectivity index (χ2n) is 7.75. The fourth-order valence-electron chi connectivity index (χ4n) is 3.76. The van der Waals surface area contributed by atoms with Gasteiger partial charge < -0.3 is 10.2 Å². The van der Waals surface area contributed by atoms with Crippen molar-refractivity contribution in [3.05, 3.63) is 35.4 Å². The summed E-state index contributed by atoms with van der Waals surface area (Å²) < 4.78 is -0.128. The summed E-state index contributed by atoms with van der Waals surface area (Å²) in [5.74, 6) is -2.07. The fraction of sp³-hybridized carbons (Fsp3) is 0.652. The molecule has 29 heavy (non-hydrogen) atoms. The van der Waals surface area contributed by atoms with Gasteiger partial charge in [-0.3, -0.25) is 9.59 Å². The van der Waals surface area contributed by atoms with Gasteiger partial charge >= 0.3 is 11.9 Å². The van der Waals surface area contributed by atoms with Gasteiger partial charge in [0.05, 0.1) is 4.58 Å². The fourth-order valence-corrected chi connectivity index (χ4v) is 7.15. The third-order valence-corrected chi connectivity index (χ3v) is 8.79. The third-order valence-electron chi connectivity index (χ3n) is 5.41. The Morgan fingerprint density at radius 3 is 1.79 bits per heavy atom. The van der Waals surface area contributed by atoms with Gasteiger partial charge in [-0.05, 0) is 24.0 Å². The average molecular weight is 439 g/mol. The Kier molecular flexibility index (Phi) is 11.0. The number of carboxylic acid groups (broad SMARTS) is 2. The van der Waals surface area contributed by atoms with Crippen molar-refractivity contribution in [1.82, 2.24) is 0 Å². The van der Waals surface area contributed by atoms with Crippen LogP contribution >= 0.6 is 23.5 Å². The van der Waals surface area contributed by atoms with Crippen LogP contribution in [0, 0.1) is 0 Å². The molecule has 0 saturated carbocycles. The SMILES string of the molecule is CCCCCCCCCCCCc1ccccc1C1S[C@H](C(=O)O)[C@H](C(=O)O)S1. The highest BCUT2D eigenvalue weighted by Gasteiger charge is 2.45. The molecule has 0 aliphatic carbocycles. The molecule has 0 spiro atoms. The van der Waals surface area contributed by atoms with E-state index in [0.29, 0.717) is 0 Å². The minimum Gasteiger partial charge on any atom is -0.480 e. The molecule has 1 aliphatic rings. The number of hydrogen-bond acceptors (Lipinski definition) is 4. The molecule has 0 bridgehead atoms. The highest BCUT2D eigenvalue weighted by Crippen LogP contribution is 2.54. The van der Waals surface area contributed by atoms with E-state index in [1.807, 2.05) is 18.2 Å². The Bertz CT molecular complexity index is 628. The molecule has 6 heteroatoms. The molecule has 1 aliphatic heterocycles. The molecule has 2 rings (SSSR count). The third kappa shape index (κ3) is 7.89. The van der Waals surface area contributed by atoms with Gasteiger partial charge in [-0.25, -0.2) is 0 Å². The summed E-state index contributed by atoms with van der Waals surface area (Å²) >= 11 is 2.53. The zero-order chi connectivity index (χ0) is 21.1. The zero-order valence-electron chi connectivity index (χ0n) is 17.3. The molecule has 1 aromatic rings. The monoisotopic (exact) mass is 438 g/mol. The number of aryl methyl sites for hydroxylation is 1. The summed E-state index contributed by atoms with van der Waals surface area (Å²) in [6.45, 7) is 2.25. The van der Waals surface area contributed by atoms with E-state index < -0.39 is 22.4 Å². The van der Waals surface area contributed by atoms with Crippen LogP contribution in [0.3, 0.4) is 0 Å². The molecule has 0 radical (unpaired) electrons. The maximum Gasteiger partial charge on any atom is 0.318 e. The first-order chi connectivity index (χ1) is 14.0. The molecule has 1 fully saturated rings. The van der Waals surface area contributed by atoms with Crippen molar-refractivity contribution in [2.24, 2.45) is 0 Å². The lowest BCUT2D eigenvalue weighted by Gasteiger charge is -2.14. The van der Waals surface area contributed by atoms with Crippen LogP contribution in [0.5, 0.6) is 0 Å². The van der Waals surface area contributed by atoms with Crippen LogP contribution in [-0.4, -0.2) is 32.7 Å². The zero-order valence-corrected chi connectivity index (χ0v) is 19.0. The van der Waals surface area contributed by atoms with E-state index in [9.17, 15) is 19.8 Å². The van der Waals surface area contributed by atoms with Crippen LogP contribution in [0.1, 0.15) is 86.8 Å². The average Bonchev–Trinajstić information content (AvgIpc) is 3.16. The standard InChI is InChI=1S/C23H34O4S2/c1-2-3-4-5-6-7-8-9-10-11-14-17-15-12-13-16-18(17)23-28-19(21(24)25)20(29-23)22(26)27/h12-13,15-16,19-20,23H,2-11,14H2,1H3,(H,24,25)(H,26,27)/t19-,20+,23?. The quantitative estimate of drug-likeness (QED) is 0.321. The molecule has 2 N–H and O–H groups in total. The van der Waals surface area contributed by atoms with Gasteiger partial charge in [0.15, 0.2) is 0 Å². The predicted octanol–water partition coefficient (Wildman–Crippen LogP) is 6.54. The topological polar surface area (TPSA) is 74.6 Å². The van der Waals surface area contributed by atoms with Crippen molar-refractivity contribution < 1.29 is 19.8 Å². The maximum atomic E-state index is 11.5. The first-order valence-electron chi connectivity index (χ1n) is 10.9. The number of carbonyl (C=O) groups is 2. The van der Waals surface area contributed by atoms with Crippen molar-refractivity contribution >= 4 is 35.5 Å². The smallest absolute Gasteiger partial charge is 0.318 e. The van der Waals surface area contributed by atoms with E-state index >= 15 is 0 Å². The van der Waals surface area contributed by atoms with Gasteiger partial charge in [0.2, 0.25) is 0 Å². The van der Waals surface area contributed by atoms with Crippen molar-refractivity contribution in [3.8, 4) is 0 Å². The lowest BCUT2D eigenvalue weighted by molar-refractivity contribution is -0.142. The highest BCUT2D eigenvalue weighted by atomic mass is 32.2. The molecule has 0 aromatic heterocycles. The number of rotatable bonds is 14. The summed E-state index contributed by atoms with van der Waals surface area (Å²) in [6.07, 6.45) is 14.0. The first-order valence-corrected chi connectivity index (χ1v) is 12.8. The van der Waals surface area contributed by atoms with Gasteiger partial charge in [0, 0.05) is 0 Å². The lowest BCUT2D eigenvalue weighted by Crippen LogP contribution is -2.31. The normalized spacial score (nSPS) is 21.3. The largest absolute Gasteiger partial charge is 0.480 e. The van der Waals surface area contributed by atoms with Gasteiger partial charge in [-0.1, -0.05) is 89.0 Å². The molecule has 1 unspecified atom stereocenters. The number of aliphatic carboxylic acids is 2. The summed E-state index contributed by atoms with van der Waals surface area (Å²) in [5, 5.41) is 17.0. The van der Waals surface area contributed by atoms with Gasteiger partial charge in [0.25, 0.3) is 0 Å². The van der Waals surface area contributed by atoms with Crippen molar-refractivity contribution in [2.45, 2.75) is 92.6 Å². The Labute approximate surface area is 183 Å². The van der Waals surface area contributed by atoms with Crippen LogP contribution in [0.25, 0.3) is 0 Å². The lowest BCUT2D eigenvalue weighted by atomic mass is 10.0. The van der Waals surface area contributed by atoms with Crippen LogP contribution in [0.15, 0.2) is 24.3 Å². The molecule has 1 aromatic carbocycles. The van der Waals surface area contributed by atoms with Gasteiger partial charge in [-0.15, -0.1) is 23.5 Å². The van der Waals surface area contributed by atoms with E-state index in [-0.39, 0.29) is 4.58 Å². The number of unbranched alkanes of at least 4 members (excludes halogenated alkanes) is 9. The Morgan fingerprint density at radius 1 is 0.793 bits per heavy atom. The van der Waals surface area contributed by atoms with Gasteiger partial charge in [-0.2, -0.15) is 0 Å². The highest BCUT2D eigenvalue weighted by molar-refractivity contribution is 8.21. The minimum absolute atomic E-state index is 0.128. The van der Waals surface area contributed by atoms with Crippen LogP contribution in [0.4, 0.5) is 0 Å². The molecule has 1 heterocycles.